The standard InChI is InChI=1S/C20H29FN4O3S2/c1-13-10-19(30(27,28)24-20-22-8-9-29-20)15(21)11-17(13)23-16-6-4-5-7-18(16)25(3)12-14(2)26/h8-11,14,16,18,23,26H,4-7,12H2,1-3H3,(H,22,24)/t14?,16-,18-/m0/s1. The van der Waals surface area contributed by atoms with Crippen molar-refractivity contribution in [1.29, 1.82) is 0 Å². The van der Waals surface area contributed by atoms with Gasteiger partial charge in [-0.25, -0.2) is 17.8 Å². The molecule has 1 aliphatic carbocycles. The summed E-state index contributed by atoms with van der Waals surface area (Å²) in [4.78, 5) is 5.64. The van der Waals surface area contributed by atoms with Crippen LogP contribution < -0.4 is 10.0 Å². The minimum Gasteiger partial charge on any atom is -0.392 e. The van der Waals surface area contributed by atoms with Crippen molar-refractivity contribution in [2.24, 2.45) is 0 Å². The van der Waals surface area contributed by atoms with Gasteiger partial charge in [-0.1, -0.05) is 12.8 Å². The largest absolute Gasteiger partial charge is 0.392 e. The maximum Gasteiger partial charge on any atom is 0.266 e. The lowest BCUT2D eigenvalue weighted by Crippen LogP contribution is -2.49. The van der Waals surface area contributed by atoms with E-state index >= 15 is 0 Å². The summed E-state index contributed by atoms with van der Waals surface area (Å²) in [5.74, 6) is -0.808. The Hall–Kier alpha value is -1.75. The van der Waals surface area contributed by atoms with Gasteiger partial charge in [-0.3, -0.25) is 9.62 Å². The molecule has 10 heteroatoms. The number of aliphatic hydroxyl groups excluding tert-OH is 1. The van der Waals surface area contributed by atoms with Crippen LogP contribution in [-0.2, 0) is 10.0 Å². The van der Waals surface area contributed by atoms with Crippen molar-refractivity contribution in [3.8, 4) is 0 Å². The van der Waals surface area contributed by atoms with Crippen LogP contribution in [0.5, 0.6) is 0 Å². The van der Waals surface area contributed by atoms with Crippen LogP contribution in [-0.4, -0.2) is 55.2 Å². The zero-order chi connectivity index (χ0) is 21.9. The Labute approximate surface area is 181 Å². The third-order valence-electron chi connectivity index (χ3n) is 5.41. The van der Waals surface area contributed by atoms with Gasteiger partial charge in [0.15, 0.2) is 5.13 Å². The maximum atomic E-state index is 14.8. The van der Waals surface area contributed by atoms with Gasteiger partial charge in [-0.2, -0.15) is 0 Å². The molecule has 0 amide bonds. The Balaban J connectivity index is 1.80. The van der Waals surface area contributed by atoms with Crippen LogP contribution in [0.2, 0.25) is 0 Å². The lowest BCUT2D eigenvalue weighted by atomic mass is 9.88. The molecule has 0 spiro atoms. The summed E-state index contributed by atoms with van der Waals surface area (Å²) in [6, 6.07) is 2.92. The number of sulfonamides is 1. The van der Waals surface area contributed by atoms with Crippen molar-refractivity contribution in [2.45, 2.75) is 62.6 Å². The quantitative estimate of drug-likeness (QED) is 0.563. The average Bonchev–Trinajstić information content (AvgIpc) is 3.16. The lowest BCUT2D eigenvalue weighted by molar-refractivity contribution is 0.0972. The molecule has 1 saturated carbocycles. The zero-order valence-electron chi connectivity index (χ0n) is 17.4. The van der Waals surface area contributed by atoms with Crippen molar-refractivity contribution in [3.05, 3.63) is 35.1 Å². The number of benzene rings is 1. The molecule has 3 N–H and O–H groups in total. The Morgan fingerprint density at radius 3 is 2.77 bits per heavy atom. The summed E-state index contributed by atoms with van der Waals surface area (Å²) in [5, 5.41) is 15.0. The Kier molecular flexibility index (Phi) is 7.33. The first-order chi connectivity index (χ1) is 14.2. The molecule has 0 aliphatic heterocycles. The number of thiazole rings is 1. The van der Waals surface area contributed by atoms with Crippen LogP contribution in [0.3, 0.4) is 0 Å². The van der Waals surface area contributed by atoms with Crippen molar-refractivity contribution in [3.63, 3.8) is 0 Å². The predicted octanol–water partition coefficient (Wildman–Crippen LogP) is 3.43. The average molecular weight is 457 g/mol. The number of hydrogen-bond donors (Lipinski definition) is 3. The highest BCUT2D eigenvalue weighted by Gasteiger charge is 2.30. The number of nitrogens with one attached hydrogen (secondary N) is 2. The molecule has 0 radical (unpaired) electrons. The highest BCUT2D eigenvalue weighted by molar-refractivity contribution is 7.93. The normalized spacial score (nSPS) is 20.9. The Morgan fingerprint density at radius 1 is 1.37 bits per heavy atom. The summed E-state index contributed by atoms with van der Waals surface area (Å²) >= 11 is 1.13. The minimum atomic E-state index is -4.06. The van der Waals surface area contributed by atoms with Gasteiger partial charge in [0.05, 0.1) is 6.10 Å². The van der Waals surface area contributed by atoms with Crippen molar-refractivity contribution < 1.29 is 17.9 Å². The second kappa shape index (κ2) is 9.59. The number of rotatable bonds is 8. The molecule has 0 saturated heterocycles. The third kappa shape index (κ3) is 5.48. The molecule has 2 aromatic rings. The van der Waals surface area contributed by atoms with E-state index in [1.165, 1.54) is 18.3 Å². The molecule has 1 fully saturated rings. The van der Waals surface area contributed by atoms with Gasteiger partial charge in [0.1, 0.15) is 10.7 Å². The zero-order valence-corrected chi connectivity index (χ0v) is 19.1. The number of hydrogen-bond acceptors (Lipinski definition) is 7. The molecular formula is C20H29FN4O3S2. The lowest BCUT2D eigenvalue weighted by Gasteiger charge is -2.39. The van der Waals surface area contributed by atoms with Gasteiger partial charge in [0.2, 0.25) is 0 Å². The molecule has 1 aromatic carbocycles. The van der Waals surface area contributed by atoms with E-state index < -0.39 is 26.8 Å². The third-order valence-corrected chi connectivity index (χ3v) is 7.58. The minimum absolute atomic E-state index is 0.0940. The second-order valence-corrected chi connectivity index (χ2v) is 10.5. The van der Waals surface area contributed by atoms with E-state index in [1.54, 1.807) is 19.2 Å². The molecule has 0 bridgehead atoms. The fraction of sp³-hybridized carbons (Fsp3) is 0.550. The van der Waals surface area contributed by atoms with E-state index in [9.17, 15) is 17.9 Å². The van der Waals surface area contributed by atoms with Crippen LogP contribution in [0.1, 0.15) is 38.2 Å². The Morgan fingerprint density at radius 2 is 2.10 bits per heavy atom. The summed E-state index contributed by atoms with van der Waals surface area (Å²) in [7, 11) is -2.07. The molecule has 1 aromatic heterocycles. The highest BCUT2D eigenvalue weighted by Crippen LogP contribution is 2.30. The first-order valence-electron chi connectivity index (χ1n) is 10.0. The molecule has 1 heterocycles. The molecule has 1 aliphatic rings. The molecule has 166 valence electrons. The van der Waals surface area contributed by atoms with Crippen LogP contribution in [0.25, 0.3) is 0 Å². The van der Waals surface area contributed by atoms with E-state index in [0.717, 1.165) is 37.0 Å². The van der Waals surface area contributed by atoms with E-state index in [1.807, 2.05) is 7.05 Å². The van der Waals surface area contributed by atoms with Gasteiger partial charge in [0, 0.05) is 35.9 Å². The number of aryl methyl sites for hydroxylation is 1. The fourth-order valence-electron chi connectivity index (χ4n) is 4.02. The van der Waals surface area contributed by atoms with Crippen molar-refractivity contribution in [1.82, 2.24) is 9.88 Å². The maximum absolute atomic E-state index is 14.8. The van der Waals surface area contributed by atoms with Crippen molar-refractivity contribution in [2.75, 3.05) is 23.6 Å². The summed E-state index contributed by atoms with van der Waals surface area (Å²) in [6.45, 7) is 4.09. The van der Waals surface area contributed by atoms with Crippen LogP contribution >= 0.6 is 11.3 Å². The summed E-state index contributed by atoms with van der Waals surface area (Å²) < 4.78 is 42.3. The van der Waals surface area contributed by atoms with Gasteiger partial charge in [-0.15, -0.1) is 11.3 Å². The summed E-state index contributed by atoms with van der Waals surface area (Å²) in [6.07, 6.45) is 5.16. The van der Waals surface area contributed by atoms with E-state index in [2.05, 4.69) is 19.9 Å². The number of anilines is 2. The Bertz CT molecular complexity index is 951. The molecular weight excluding hydrogens is 427 g/mol. The second-order valence-electron chi connectivity index (χ2n) is 7.93. The molecule has 1 unspecified atom stereocenters. The van der Waals surface area contributed by atoms with Gasteiger partial charge in [0.25, 0.3) is 10.0 Å². The highest BCUT2D eigenvalue weighted by atomic mass is 32.2. The van der Waals surface area contributed by atoms with Gasteiger partial charge >= 0.3 is 0 Å². The first-order valence-corrected chi connectivity index (χ1v) is 12.4. The smallest absolute Gasteiger partial charge is 0.266 e. The van der Waals surface area contributed by atoms with Gasteiger partial charge in [-0.05, 0) is 51.4 Å². The predicted molar refractivity (Wildman–Crippen MR) is 118 cm³/mol. The molecule has 30 heavy (non-hydrogen) atoms. The number of likely N-dealkylation sites (N-methyl/N-ethyl adjacent to an activating group) is 1. The van der Waals surface area contributed by atoms with E-state index in [4.69, 9.17) is 0 Å². The fourth-order valence-corrected chi connectivity index (χ4v) is 5.95. The van der Waals surface area contributed by atoms with Gasteiger partial charge < -0.3 is 10.4 Å². The number of aromatic nitrogens is 1. The number of aliphatic hydroxyl groups is 1. The number of nitrogens with zero attached hydrogens (tertiary/aromatic N) is 2. The molecule has 3 atom stereocenters. The van der Waals surface area contributed by atoms with E-state index in [0.29, 0.717) is 17.8 Å². The van der Waals surface area contributed by atoms with Crippen LogP contribution in [0, 0.1) is 12.7 Å². The van der Waals surface area contributed by atoms with Crippen molar-refractivity contribution >= 4 is 32.2 Å². The van der Waals surface area contributed by atoms with E-state index in [-0.39, 0.29) is 17.2 Å². The SMILES string of the molecule is Cc1cc(S(=O)(=O)Nc2nccs2)c(F)cc1N[C@H]1CCCC[C@@H]1N(C)CC(C)O. The molecule has 7 nitrogen and oxygen atoms in total. The van der Waals surface area contributed by atoms with Crippen LogP contribution in [0.15, 0.2) is 28.6 Å². The van der Waals surface area contributed by atoms with Crippen LogP contribution in [0.4, 0.5) is 15.2 Å². The summed E-state index contributed by atoms with van der Waals surface area (Å²) in [5.41, 5.74) is 1.24. The number of halogens is 1. The first kappa shape index (κ1) is 22.9. The molecule has 3 rings (SSSR count). The monoisotopic (exact) mass is 456 g/mol. The topological polar surface area (TPSA) is 94.6 Å².